The van der Waals surface area contributed by atoms with E-state index in [1.807, 2.05) is 42.3 Å². The molecule has 0 radical (unpaired) electrons. The van der Waals surface area contributed by atoms with Crippen LogP contribution in [0.25, 0.3) is 0 Å². The first-order chi connectivity index (χ1) is 16.5. The van der Waals surface area contributed by atoms with Crippen molar-refractivity contribution in [1.29, 1.82) is 0 Å². The fourth-order valence-corrected chi connectivity index (χ4v) is 4.00. The summed E-state index contributed by atoms with van der Waals surface area (Å²) >= 11 is 0. The number of pyridine rings is 1. The summed E-state index contributed by atoms with van der Waals surface area (Å²) < 4.78 is 45.4. The van der Waals surface area contributed by atoms with Crippen LogP contribution >= 0.6 is 0 Å². The molecule has 3 rings (SSSR count). The minimum absolute atomic E-state index is 0.0115. The van der Waals surface area contributed by atoms with Gasteiger partial charge in [-0.05, 0) is 38.1 Å². The molecule has 0 bridgehead atoms. The maximum atomic E-state index is 13.3. The Balaban J connectivity index is 1.83. The molecule has 1 atom stereocenters. The lowest BCUT2D eigenvalue weighted by Gasteiger charge is -2.30. The first kappa shape index (κ1) is 26.0. The van der Waals surface area contributed by atoms with Gasteiger partial charge in [-0.2, -0.15) is 13.2 Å². The van der Waals surface area contributed by atoms with Gasteiger partial charge in [0, 0.05) is 36.9 Å². The number of hydrogen-bond acceptors (Lipinski definition) is 6. The molecule has 10 heteroatoms. The molecule has 0 spiro atoms. The number of ether oxygens (including phenoxy) is 1. The fraction of sp³-hybridized carbons (Fsp3) is 0.320. The van der Waals surface area contributed by atoms with Crippen molar-refractivity contribution in [2.75, 3.05) is 20.2 Å². The molecule has 7 nitrogen and oxygen atoms in total. The second kappa shape index (κ2) is 10.7. The fourth-order valence-electron chi connectivity index (χ4n) is 4.00. The van der Waals surface area contributed by atoms with Crippen molar-refractivity contribution >= 4 is 11.9 Å². The number of nitrogens with one attached hydrogen (secondary N) is 1. The third-order valence-corrected chi connectivity index (χ3v) is 5.63. The molecule has 35 heavy (non-hydrogen) atoms. The van der Waals surface area contributed by atoms with Crippen LogP contribution in [0.15, 0.2) is 71.3 Å². The van der Waals surface area contributed by atoms with Crippen molar-refractivity contribution in [3.63, 3.8) is 0 Å². The van der Waals surface area contributed by atoms with E-state index >= 15 is 0 Å². The molecule has 2 heterocycles. The van der Waals surface area contributed by atoms with Crippen LogP contribution in [-0.2, 0) is 27.0 Å². The standard InChI is InChI=1S/C25H26F3N3O4/c1-15-20(23(32)33)22(18-11-19(13-29-12-18)25(26,27)28)21(16(2)30-15)24(34)35-10-9-31(3)14-17-7-5-4-6-8-17/h4-8,11-13,22,30H,9-10,14H2,1-3H3,(H,32,33). The molecule has 0 saturated carbocycles. The van der Waals surface area contributed by atoms with Crippen LogP contribution in [0.1, 0.15) is 36.5 Å². The first-order valence-electron chi connectivity index (χ1n) is 10.8. The normalized spacial score (nSPS) is 16.4. The van der Waals surface area contributed by atoms with E-state index in [1.165, 1.54) is 6.92 Å². The molecule has 2 aromatic rings. The predicted octanol–water partition coefficient (Wildman–Crippen LogP) is 4.10. The van der Waals surface area contributed by atoms with Gasteiger partial charge in [-0.25, -0.2) is 9.59 Å². The number of dihydropyridines is 1. The molecule has 1 aliphatic heterocycles. The number of esters is 1. The Labute approximate surface area is 200 Å². The van der Waals surface area contributed by atoms with Gasteiger partial charge in [0.1, 0.15) is 6.61 Å². The van der Waals surface area contributed by atoms with E-state index in [4.69, 9.17) is 4.74 Å². The Bertz CT molecular complexity index is 1160. The smallest absolute Gasteiger partial charge is 0.417 e. The average Bonchev–Trinajstić information content (AvgIpc) is 2.78. The minimum atomic E-state index is -4.68. The molecule has 1 aromatic carbocycles. The number of aliphatic carboxylic acids is 1. The van der Waals surface area contributed by atoms with Crippen LogP contribution in [0.5, 0.6) is 0 Å². The number of likely N-dealkylation sites (N-methyl/N-ethyl adjacent to an activating group) is 1. The van der Waals surface area contributed by atoms with Crippen LogP contribution in [0.3, 0.4) is 0 Å². The van der Waals surface area contributed by atoms with Crippen LogP contribution in [0.4, 0.5) is 13.2 Å². The number of benzene rings is 1. The molecule has 1 unspecified atom stereocenters. The lowest BCUT2D eigenvalue weighted by Crippen LogP contribution is -2.33. The maximum absolute atomic E-state index is 13.3. The quantitative estimate of drug-likeness (QED) is 0.540. The molecular weight excluding hydrogens is 463 g/mol. The van der Waals surface area contributed by atoms with Gasteiger partial charge in [-0.3, -0.25) is 9.88 Å². The van der Waals surface area contributed by atoms with Gasteiger partial charge in [0.15, 0.2) is 0 Å². The minimum Gasteiger partial charge on any atom is -0.478 e. The van der Waals surface area contributed by atoms with E-state index < -0.39 is 29.6 Å². The zero-order valence-corrected chi connectivity index (χ0v) is 19.5. The van der Waals surface area contributed by atoms with Crippen LogP contribution in [-0.4, -0.2) is 47.1 Å². The number of hydrogen-bond donors (Lipinski definition) is 2. The number of halogens is 3. The molecule has 186 valence electrons. The van der Waals surface area contributed by atoms with E-state index in [1.54, 1.807) is 6.92 Å². The Morgan fingerprint density at radius 1 is 1.11 bits per heavy atom. The average molecular weight is 489 g/mol. The van der Waals surface area contributed by atoms with Crippen LogP contribution in [0.2, 0.25) is 0 Å². The predicted molar refractivity (Wildman–Crippen MR) is 122 cm³/mol. The highest BCUT2D eigenvalue weighted by atomic mass is 19.4. The number of alkyl halides is 3. The summed E-state index contributed by atoms with van der Waals surface area (Å²) in [6.07, 6.45) is -2.89. The Hall–Kier alpha value is -3.66. The second-order valence-electron chi connectivity index (χ2n) is 8.30. The van der Waals surface area contributed by atoms with Gasteiger partial charge >= 0.3 is 18.1 Å². The van der Waals surface area contributed by atoms with Gasteiger partial charge in [0.2, 0.25) is 0 Å². The summed E-state index contributed by atoms with van der Waals surface area (Å²) in [6.45, 7) is 4.08. The first-order valence-corrected chi connectivity index (χ1v) is 10.8. The summed E-state index contributed by atoms with van der Waals surface area (Å²) in [7, 11) is 1.86. The van der Waals surface area contributed by atoms with Gasteiger partial charge in [-0.1, -0.05) is 30.3 Å². The van der Waals surface area contributed by atoms with E-state index in [0.717, 1.165) is 17.8 Å². The third kappa shape index (κ3) is 6.27. The number of carbonyl (C=O) groups is 2. The SMILES string of the molecule is CC1=C(C(=O)O)C(c2cncc(C(F)(F)F)c2)C(C(=O)OCCN(C)Cc2ccccc2)=C(C)N1. The molecule has 0 amide bonds. The molecule has 2 N–H and O–H groups in total. The van der Waals surface area contributed by atoms with Gasteiger partial charge < -0.3 is 15.2 Å². The monoisotopic (exact) mass is 489 g/mol. The highest BCUT2D eigenvalue weighted by molar-refractivity contribution is 5.99. The second-order valence-corrected chi connectivity index (χ2v) is 8.30. The van der Waals surface area contributed by atoms with Crippen LogP contribution in [0, 0.1) is 0 Å². The molecule has 1 aliphatic rings. The van der Waals surface area contributed by atoms with Crippen molar-refractivity contribution in [2.24, 2.45) is 0 Å². The van der Waals surface area contributed by atoms with Crippen molar-refractivity contribution in [1.82, 2.24) is 15.2 Å². The molecule has 0 saturated heterocycles. The van der Waals surface area contributed by atoms with E-state index in [9.17, 15) is 27.9 Å². The van der Waals surface area contributed by atoms with Crippen molar-refractivity contribution < 1.29 is 32.6 Å². The summed E-state index contributed by atoms with van der Waals surface area (Å²) in [5, 5.41) is 12.7. The number of carboxylic acids is 1. The molecule has 1 aromatic heterocycles. The number of aromatic nitrogens is 1. The molecule has 0 aliphatic carbocycles. The maximum Gasteiger partial charge on any atom is 0.417 e. The topological polar surface area (TPSA) is 91.8 Å². The largest absolute Gasteiger partial charge is 0.478 e. The van der Waals surface area contributed by atoms with E-state index in [2.05, 4.69) is 10.3 Å². The van der Waals surface area contributed by atoms with Crippen molar-refractivity contribution in [2.45, 2.75) is 32.5 Å². The zero-order valence-electron chi connectivity index (χ0n) is 19.5. The molecule has 0 fully saturated rings. The number of carbonyl (C=O) groups excluding carboxylic acids is 1. The number of rotatable bonds is 8. The number of carboxylic acid groups (broad SMARTS) is 1. The Morgan fingerprint density at radius 2 is 1.77 bits per heavy atom. The lowest BCUT2D eigenvalue weighted by atomic mass is 9.80. The summed E-state index contributed by atoms with van der Waals surface area (Å²) in [6, 6.07) is 10.5. The van der Waals surface area contributed by atoms with Gasteiger partial charge in [-0.15, -0.1) is 0 Å². The van der Waals surface area contributed by atoms with Gasteiger partial charge in [0.05, 0.1) is 22.6 Å². The third-order valence-electron chi connectivity index (χ3n) is 5.63. The zero-order chi connectivity index (χ0) is 25.8. The summed E-state index contributed by atoms with van der Waals surface area (Å²) in [4.78, 5) is 30.8. The van der Waals surface area contributed by atoms with Crippen LogP contribution < -0.4 is 5.32 Å². The number of allylic oxidation sites excluding steroid dienone is 2. The van der Waals surface area contributed by atoms with Crippen molar-refractivity contribution in [3.8, 4) is 0 Å². The number of nitrogens with zero attached hydrogens (tertiary/aromatic N) is 2. The van der Waals surface area contributed by atoms with E-state index in [0.29, 0.717) is 25.0 Å². The Morgan fingerprint density at radius 3 is 2.40 bits per heavy atom. The van der Waals surface area contributed by atoms with Gasteiger partial charge in [0.25, 0.3) is 0 Å². The highest BCUT2D eigenvalue weighted by Crippen LogP contribution is 2.40. The summed E-state index contributed by atoms with van der Waals surface area (Å²) in [5.74, 6) is -3.45. The summed E-state index contributed by atoms with van der Waals surface area (Å²) in [5.41, 5.74) is 0.188. The highest BCUT2D eigenvalue weighted by Gasteiger charge is 2.39. The lowest BCUT2D eigenvalue weighted by molar-refractivity contribution is -0.140. The van der Waals surface area contributed by atoms with Crippen molar-refractivity contribution in [3.05, 3.63) is 88.0 Å². The van der Waals surface area contributed by atoms with E-state index in [-0.39, 0.29) is 29.0 Å². The molecular formula is C25H26F3N3O4. The Kier molecular flexibility index (Phi) is 7.96.